The summed E-state index contributed by atoms with van der Waals surface area (Å²) in [7, 11) is 2.20. The fourth-order valence-electron chi connectivity index (χ4n) is 2.10. The van der Waals surface area contributed by atoms with Crippen LogP contribution in [0.5, 0.6) is 0 Å². The van der Waals surface area contributed by atoms with Gasteiger partial charge in [-0.3, -0.25) is 0 Å². The normalized spacial score (nSPS) is 22.3. The Kier molecular flexibility index (Phi) is 5.22. The quantitative estimate of drug-likeness (QED) is 0.748. The topological polar surface area (TPSA) is 35.5 Å². The summed E-state index contributed by atoms with van der Waals surface area (Å²) in [4.78, 5) is 2.41. The summed E-state index contributed by atoms with van der Waals surface area (Å²) in [5, 5.41) is 13.2. The van der Waals surface area contributed by atoms with E-state index in [1.807, 2.05) is 13.8 Å². The molecule has 0 bridgehead atoms. The second kappa shape index (κ2) is 5.99. The Balaban J connectivity index is 2.11. The highest BCUT2D eigenvalue weighted by molar-refractivity contribution is 4.80. The molecule has 2 N–H and O–H groups in total. The van der Waals surface area contributed by atoms with E-state index >= 15 is 0 Å². The molecule has 1 aliphatic rings. The maximum absolute atomic E-state index is 9.79. The van der Waals surface area contributed by atoms with Gasteiger partial charge >= 0.3 is 0 Å². The van der Waals surface area contributed by atoms with Gasteiger partial charge in [-0.2, -0.15) is 0 Å². The van der Waals surface area contributed by atoms with Crippen molar-refractivity contribution < 1.29 is 5.11 Å². The van der Waals surface area contributed by atoms with Crippen molar-refractivity contribution in [2.24, 2.45) is 5.92 Å². The van der Waals surface area contributed by atoms with Crippen LogP contribution in [0.3, 0.4) is 0 Å². The first-order valence-corrected chi connectivity index (χ1v) is 6.54. The number of nitrogens with one attached hydrogen (secondary N) is 1. The van der Waals surface area contributed by atoms with Crippen LogP contribution in [-0.4, -0.2) is 48.3 Å². The third-order valence-electron chi connectivity index (χ3n) is 3.90. The molecule has 3 nitrogen and oxygen atoms in total. The predicted octanol–water partition coefficient (Wildman–Crippen LogP) is 1.47. The lowest BCUT2D eigenvalue weighted by atomic mass is 9.93. The van der Waals surface area contributed by atoms with Crippen LogP contribution < -0.4 is 5.32 Å². The highest BCUT2D eigenvalue weighted by Crippen LogP contribution is 2.19. The molecule has 1 aliphatic heterocycles. The van der Waals surface area contributed by atoms with Gasteiger partial charge in [0, 0.05) is 6.04 Å². The first-order chi connectivity index (χ1) is 7.39. The van der Waals surface area contributed by atoms with Gasteiger partial charge in [-0.25, -0.2) is 0 Å². The number of hydrogen-bond acceptors (Lipinski definition) is 3. The Hall–Kier alpha value is -0.120. The maximum atomic E-state index is 9.79. The van der Waals surface area contributed by atoms with Crippen LogP contribution in [0.2, 0.25) is 0 Å². The van der Waals surface area contributed by atoms with E-state index in [0.29, 0.717) is 0 Å². The Morgan fingerprint density at radius 3 is 2.44 bits per heavy atom. The van der Waals surface area contributed by atoms with Crippen molar-refractivity contribution in [3.8, 4) is 0 Å². The molecular formula is C13H28N2O. The summed E-state index contributed by atoms with van der Waals surface area (Å²) in [6.45, 7) is 9.28. The standard InChI is InChI=1S/C13H28N2O/c1-11(13(2,3)16)14-8-5-12-6-9-15(4)10-7-12/h11-12,14,16H,5-10H2,1-4H3. The lowest BCUT2D eigenvalue weighted by Gasteiger charge is -2.31. The van der Waals surface area contributed by atoms with Gasteiger partial charge in [0.05, 0.1) is 5.60 Å². The van der Waals surface area contributed by atoms with Crippen molar-refractivity contribution in [3.63, 3.8) is 0 Å². The van der Waals surface area contributed by atoms with E-state index in [-0.39, 0.29) is 6.04 Å². The smallest absolute Gasteiger partial charge is 0.0741 e. The average Bonchev–Trinajstić information content (AvgIpc) is 2.19. The number of nitrogens with zero attached hydrogens (tertiary/aromatic N) is 1. The Bertz CT molecular complexity index is 193. The Labute approximate surface area is 100 Å². The molecule has 0 aromatic rings. The van der Waals surface area contributed by atoms with Crippen molar-refractivity contribution in [1.29, 1.82) is 0 Å². The molecule has 0 aromatic heterocycles. The summed E-state index contributed by atoms with van der Waals surface area (Å²) in [5.41, 5.74) is -0.618. The monoisotopic (exact) mass is 228 g/mol. The van der Waals surface area contributed by atoms with Crippen molar-refractivity contribution in [1.82, 2.24) is 10.2 Å². The number of likely N-dealkylation sites (tertiary alicyclic amines) is 1. The molecule has 1 heterocycles. The van der Waals surface area contributed by atoms with Crippen LogP contribution >= 0.6 is 0 Å². The van der Waals surface area contributed by atoms with Gasteiger partial charge in [0.1, 0.15) is 0 Å². The molecule has 1 fully saturated rings. The molecule has 1 rings (SSSR count). The zero-order valence-corrected chi connectivity index (χ0v) is 11.3. The maximum Gasteiger partial charge on any atom is 0.0741 e. The second-order valence-electron chi connectivity index (χ2n) is 5.86. The largest absolute Gasteiger partial charge is 0.389 e. The van der Waals surface area contributed by atoms with E-state index in [2.05, 4.69) is 24.2 Å². The van der Waals surface area contributed by atoms with Gasteiger partial charge in [-0.1, -0.05) is 0 Å². The van der Waals surface area contributed by atoms with E-state index in [0.717, 1.165) is 12.5 Å². The third-order valence-corrected chi connectivity index (χ3v) is 3.90. The summed E-state index contributed by atoms with van der Waals surface area (Å²) in [6.07, 6.45) is 3.90. The molecule has 1 unspecified atom stereocenters. The Morgan fingerprint density at radius 2 is 1.94 bits per heavy atom. The van der Waals surface area contributed by atoms with Crippen LogP contribution in [0.25, 0.3) is 0 Å². The van der Waals surface area contributed by atoms with Gasteiger partial charge in [-0.15, -0.1) is 0 Å². The summed E-state index contributed by atoms with van der Waals surface area (Å²) < 4.78 is 0. The van der Waals surface area contributed by atoms with Crippen molar-refractivity contribution in [3.05, 3.63) is 0 Å². The highest BCUT2D eigenvalue weighted by atomic mass is 16.3. The van der Waals surface area contributed by atoms with Crippen LogP contribution in [0.15, 0.2) is 0 Å². The van der Waals surface area contributed by atoms with Crippen LogP contribution in [-0.2, 0) is 0 Å². The van der Waals surface area contributed by atoms with Gasteiger partial charge < -0.3 is 15.3 Å². The zero-order chi connectivity index (χ0) is 12.2. The number of piperidine rings is 1. The van der Waals surface area contributed by atoms with Crippen molar-refractivity contribution >= 4 is 0 Å². The molecule has 0 aromatic carbocycles. The minimum Gasteiger partial charge on any atom is -0.389 e. The summed E-state index contributed by atoms with van der Waals surface area (Å²) >= 11 is 0. The molecule has 0 saturated carbocycles. The van der Waals surface area contributed by atoms with Gasteiger partial charge in [0.25, 0.3) is 0 Å². The lowest BCUT2D eigenvalue weighted by Crippen LogP contribution is -2.45. The van der Waals surface area contributed by atoms with Crippen LogP contribution in [0, 0.1) is 5.92 Å². The van der Waals surface area contributed by atoms with Gasteiger partial charge in [-0.05, 0) is 72.6 Å². The summed E-state index contributed by atoms with van der Waals surface area (Å²) in [5.74, 6) is 0.873. The fourth-order valence-corrected chi connectivity index (χ4v) is 2.10. The van der Waals surface area contributed by atoms with Gasteiger partial charge in [0.2, 0.25) is 0 Å². The molecular weight excluding hydrogens is 200 g/mol. The third kappa shape index (κ3) is 4.81. The molecule has 0 aliphatic carbocycles. The molecule has 0 radical (unpaired) electrons. The lowest BCUT2D eigenvalue weighted by molar-refractivity contribution is 0.0435. The van der Waals surface area contributed by atoms with Crippen LogP contribution in [0.4, 0.5) is 0 Å². The SMILES string of the molecule is CC(NCCC1CCN(C)CC1)C(C)(C)O. The van der Waals surface area contributed by atoms with Crippen molar-refractivity contribution in [2.45, 2.75) is 51.7 Å². The fraction of sp³-hybridized carbons (Fsp3) is 1.00. The van der Waals surface area contributed by atoms with Crippen molar-refractivity contribution in [2.75, 3.05) is 26.7 Å². The molecule has 16 heavy (non-hydrogen) atoms. The predicted molar refractivity (Wildman–Crippen MR) is 68.6 cm³/mol. The molecule has 3 heteroatoms. The molecule has 1 atom stereocenters. The summed E-state index contributed by atoms with van der Waals surface area (Å²) in [6, 6.07) is 0.166. The van der Waals surface area contributed by atoms with E-state index in [1.165, 1.54) is 32.4 Å². The number of hydrogen-bond donors (Lipinski definition) is 2. The Morgan fingerprint density at radius 1 is 1.38 bits per heavy atom. The van der Waals surface area contributed by atoms with E-state index in [4.69, 9.17) is 0 Å². The van der Waals surface area contributed by atoms with Crippen LogP contribution in [0.1, 0.15) is 40.0 Å². The van der Waals surface area contributed by atoms with E-state index in [9.17, 15) is 5.11 Å². The van der Waals surface area contributed by atoms with Gasteiger partial charge in [0.15, 0.2) is 0 Å². The first-order valence-electron chi connectivity index (χ1n) is 6.54. The average molecular weight is 228 g/mol. The minimum atomic E-state index is -0.618. The number of aliphatic hydroxyl groups is 1. The first kappa shape index (κ1) is 13.9. The molecule has 1 saturated heterocycles. The molecule has 0 amide bonds. The minimum absolute atomic E-state index is 0.166. The number of rotatable bonds is 5. The van der Waals surface area contributed by atoms with E-state index in [1.54, 1.807) is 0 Å². The highest BCUT2D eigenvalue weighted by Gasteiger charge is 2.22. The molecule has 96 valence electrons. The molecule has 0 spiro atoms. The zero-order valence-electron chi connectivity index (χ0n) is 11.3. The van der Waals surface area contributed by atoms with E-state index < -0.39 is 5.60 Å². The second-order valence-corrected chi connectivity index (χ2v) is 5.86.